The highest BCUT2D eigenvalue weighted by Gasteiger charge is 2.27. The molecule has 170 valence electrons. The fourth-order valence-electron chi connectivity index (χ4n) is 4.83. The molecule has 0 bridgehead atoms. The summed E-state index contributed by atoms with van der Waals surface area (Å²) in [6.07, 6.45) is 3.37. The molecule has 1 aromatic heterocycles. The molecule has 0 saturated heterocycles. The minimum atomic E-state index is -2.81. The summed E-state index contributed by atoms with van der Waals surface area (Å²) < 4.78 is 21.4. The van der Waals surface area contributed by atoms with Crippen molar-refractivity contribution < 1.29 is 14.2 Å². The highest BCUT2D eigenvalue weighted by atomic mass is 32.3. The van der Waals surface area contributed by atoms with Crippen molar-refractivity contribution in [2.24, 2.45) is 0 Å². The number of anilines is 2. The van der Waals surface area contributed by atoms with Crippen LogP contribution in [0.25, 0.3) is 10.9 Å². The molecule has 2 aromatic carbocycles. The lowest BCUT2D eigenvalue weighted by Crippen LogP contribution is -2.29. The second kappa shape index (κ2) is 8.56. The van der Waals surface area contributed by atoms with E-state index >= 15 is 0 Å². The molecule has 0 atom stereocenters. The molecular formula is C25H31N3O3S. The number of rotatable bonds is 3. The van der Waals surface area contributed by atoms with Crippen molar-refractivity contribution in [2.75, 3.05) is 22.5 Å². The Morgan fingerprint density at radius 1 is 1.03 bits per heavy atom. The zero-order valence-corrected chi connectivity index (χ0v) is 19.2. The van der Waals surface area contributed by atoms with Crippen molar-refractivity contribution in [3.05, 3.63) is 59.7 Å². The monoisotopic (exact) mass is 453 g/mol. The summed E-state index contributed by atoms with van der Waals surface area (Å²) in [6, 6.07) is 16.3. The van der Waals surface area contributed by atoms with E-state index in [1.165, 1.54) is 5.56 Å². The molecule has 0 amide bonds. The van der Waals surface area contributed by atoms with Gasteiger partial charge in [-0.15, -0.1) is 0 Å². The molecule has 2 aliphatic rings. The first kappa shape index (κ1) is 21.5. The van der Waals surface area contributed by atoms with Crippen LogP contribution in [0, 0.1) is 6.92 Å². The van der Waals surface area contributed by atoms with Crippen molar-refractivity contribution in [3.63, 3.8) is 0 Å². The molecule has 0 radical (unpaired) electrons. The minimum Gasteiger partial charge on any atom is -0.393 e. The molecule has 1 fully saturated rings. The Balaban J connectivity index is 1.52. The van der Waals surface area contributed by atoms with E-state index in [0.717, 1.165) is 53.7 Å². The van der Waals surface area contributed by atoms with E-state index in [1.54, 1.807) is 0 Å². The molecule has 3 aromatic rings. The lowest BCUT2D eigenvalue weighted by Gasteiger charge is -2.32. The van der Waals surface area contributed by atoms with E-state index in [1.807, 2.05) is 24.3 Å². The number of aliphatic hydroxyl groups is 1. The molecule has 7 heteroatoms. The maximum absolute atomic E-state index is 10.7. The van der Waals surface area contributed by atoms with Crippen LogP contribution in [0.3, 0.4) is 0 Å². The average molecular weight is 454 g/mol. The number of aliphatic hydroxyl groups excluding tert-OH is 1. The summed E-state index contributed by atoms with van der Waals surface area (Å²) in [6.45, 7) is 3.20. The predicted molar refractivity (Wildman–Crippen MR) is 132 cm³/mol. The number of benzene rings is 2. The number of aryl methyl sites for hydroxylation is 1. The second-order valence-corrected chi connectivity index (χ2v) is 11.3. The Hall–Kier alpha value is -2.32. The van der Waals surface area contributed by atoms with Crippen molar-refractivity contribution in [2.45, 2.75) is 56.2 Å². The summed E-state index contributed by atoms with van der Waals surface area (Å²) in [7, 11) is -2.81. The molecule has 0 spiro atoms. The lowest BCUT2D eigenvalue weighted by molar-refractivity contribution is 0.126. The van der Waals surface area contributed by atoms with Gasteiger partial charge >= 0.3 is 0 Å². The zero-order chi connectivity index (χ0) is 22.3. The van der Waals surface area contributed by atoms with Crippen LogP contribution in [0.2, 0.25) is 0 Å². The Kier molecular flexibility index (Phi) is 5.75. The summed E-state index contributed by atoms with van der Waals surface area (Å²) >= 11 is 0. The lowest BCUT2D eigenvalue weighted by atomic mass is 9.93. The maximum Gasteiger partial charge on any atom is 0.131 e. The van der Waals surface area contributed by atoms with Gasteiger partial charge in [0.05, 0.1) is 22.3 Å². The normalized spacial score (nSPS) is 23.9. The van der Waals surface area contributed by atoms with Crippen molar-refractivity contribution in [3.8, 4) is 0 Å². The summed E-state index contributed by atoms with van der Waals surface area (Å²) in [4.78, 5) is 7.76. The fraction of sp³-hybridized carbons (Fsp3) is 0.400. The van der Waals surface area contributed by atoms with Crippen LogP contribution in [-0.4, -0.2) is 43.6 Å². The van der Waals surface area contributed by atoms with Crippen LogP contribution in [0.1, 0.15) is 36.8 Å². The van der Waals surface area contributed by atoms with Crippen LogP contribution in [0.4, 0.5) is 11.5 Å². The molecular weight excluding hydrogens is 422 g/mol. The van der Waals surface area contributed by atoms with Crippen LogP contribution in [0.5, 0.6) is 0 Å². The number of nitrogens with zero attached hydrogens (tertiary/aromatic N) is 2. The first-order valence-corrected chi connectivity index (χ1v) is 13.1. The molecule has 1 saturated carbocycles. The van der Waals surface area contributed by atoms with Gasteiger partial charge < -0.3 is 15.3 Å². The summed E-state index contributed by atoms with van der Waals surface area (Å²) in [5, 5.41) is 14.7. The summed E-state index contributed by atoms with van der Waals surface area (Å²) in [5.41, 5.74) is 4.10. The smallest absolute Gasteiger partial charge is 0.131 e. The van der Waals surface area contributed by atoms with Gasteiger partial charge in [0.15, 0.2) is 0 Å². The van der Waals surface area contributed by atoms with Gasteiger partial charge in [0.1, 0.15) is 5.82 Å². The molecule has 2 heterocycles. The van der Waals surface area contributed by atoms with E-state index in [2.05, 4.69) is 41.4 Å². The molecule has 32 heavy (non-hydrogen) atoms. The van der Waals surface area contributed by atoms with Gasteiger partial charge in [-0.1, -0.05) is 29.8 Å². The second-order valence-electron chi connectivity index (χ2n) is 9.10. The Morgan fingerprint density at radius 2 is 1.81 bits per heavy atom. The number of hydrogen-bond donors (Lipinski definition) is 4. The third-order valence-electron chi connectivity index (χ3n) is 6.66. The summed E-state index contributed by atoms with van der Waals surface area (Å²) in [5.74, 6) is 1.13. The van der Waals surface area contributed by atoms with Gasteiger partial charge in [-0.3, -0.25) is 9.11 Å². The highest BCUT2D eigenvalue weighted by molar-refractivity contribution is 8.24. The van der Waals surface area contributed by atoms with E-state index in [0.29, 0.717) is 29.8 Å². The first-order chi connectivity index (χ1) is 15.4. The van der Waals surface area contributed by atoms with Gasteiger partial charge in [0.2, 0.25) is 0 Å². The van der Waals surface area contributed by atoms with Crippen LogP contribution in [0.15, 0.2) is 53.4 Å². The van der Waals surface area contributed by atoms with E-state index < -0.39 is 10.6 Å². The highest BCUT2D eigenvalue weighted by Crippen LogP contribution is 2.51. The SMILES string of the molecule is Cc1ccc2nc(N3CCS(O)(O)c4ccccc4C3)cc(NC3CCC(O)CC3)c2c1. The van der Waals surface area contributed by atoms with Gasteiger partial charge in [-0.2, -0.15) is 10.6 Å². The predicted octanol–water partition coefficient (Wildman–Crippen LogP) is 5.39. The van der Waals surface area contributed by atoms with Crippen molar-refractivity contribution >= 4 is 33.0 Å². The number of fused-ring (bicyclic) bond motifs is 2. The maximum atomic E-state index is 10.7. The standard InChI is InChI=1S/C25H31N3O3S/c1-17-6-11-22-21(14-17)23(26-19-7-9-20(29)10-8-19)15-25(27-22)28-12-13-32(30,31)24-5-3-2-4-18(24)16-28/h2-6,11,14-15,19-20,29-31H,7-10,12-13,16H2,1H3,(H,26,27). The molecule has 5 rings (SSSR count). The van der Waals surface area contributed by atoms with Crippen molar-refractivity contribution in [1.29, 1.82) is 0 Å². The van der Waals surface area contributed by atoms with E-state index in [-0.39, 0.29) is 6.10 Å². The Labute approximate surface area is 190 Å². The van der Waals surface area contributed by atoms with Crippen LogP contribution < -0.4 is 10.2 Å². The van der Waals surface area contributed by atoms with Crippen LogP contribution >= 0.6 is 10.6 Å². The quantitative estimate of drug-likeness (QED) is 0.425. The van der Waals surface area contributed by atoms with Gasteiger partial charge in [-0.25, -0.2) is 4.98 Å². The number of pyridine rings is 1. The molecule has 6 nitrogen and oxygen atoms in total. The number of hydrogen-bond acceptors (Lipinski definition) is 6. The Bertz CT molecular complexity index is 1130. The van der Waals surface area contributed by atoms with E-state index in [9.17, 15) is 14.2 Å². The van der Waals surface area contributed by atoms with Gasteiger partial charge in [0, 0.05) is 36.3 Å². The van der Waals surface area contributed by atoms with Crippen molar-refractivity contribution in [1.82, 2.24) is 4.98 Å². The van der Waals surface area contributed by atoms with E-state index in [4.69, 9.17) is 4.98 Å². The zero-order valence-electron chi connectivity index (χ0n) is 18.4. The van der Waals surface area contributed by atoms with Gasteiger partial charge in [-0.05, 0) is 56.4 Å². The third kappa shape index (κ3) is 4.30. The molecule has 0 unspecified atom stereocenters. The van der Waals surface area contributed by atoms with Crippen LogP contribution in [-0.2, 0) is 6.54 Å². The number of nitrogens with one attached hydrogen (secondary N) is 1. The third-order valence-corrected chi connectivity index (χ3v) is 8.52. The average Bonchev–Trinajstić information content (AvgIpc) is 2.91. The molecule has 4 N–H and O–H groups in total. The topological polar surface area (TPSA) is 88.9 Å². The Morgan fingerprint density at radius 3 is 2.62 bits per heavy atom. The number of aromatic nitrogens is 1. The first-order valence-electron chi connectivity index (χ1n) is 11.3. The fourth-order valence-corrected chi connectivity index (χ4v) is 6.37. The largest absolute Gasteiger partial charge is 0.393 e. The molecule has 1 aliphatic heterocycles. The molecule has 1 aliphatic carbocycles. The minimum absolute atomic E-state index is 0.183. The van der Waals surface area contributed by atoms with Gasteiger partial charge in [0.25, 0.3) is 0 Å².